The Labute approximate surface area is 316 Å². The normalized spacial score (nSPS) is 21.0. The largest absolute Gasteiger partial charge is 0.453 e. The molecular formula is C39H44F3N7O6. The maximum Gasteiger partial charge on any atom is 0.416 e. The highest BCUT2D eigenvalue weighted by Crippen LogP contribution is 2.47. The molecule has 4 atom stereocenters. The van der Waals surface area contributed by atoms with E-state index >= 15 is 0 Å². The van der Waals surface area contributed by atoms with E-state index in [-0.39, 0.29) is 42.9 Å². The van der Waals surface area contributed by atoms with Gasteiger partial charge in [-0.25, -0.2) is 4.79 Å². The first-order chi connectivity index (χ1) is 26.4. The standard InChI is InChI=1S/C39H44F3N7O6/c1-55-38(54)44-23-35(51)48-21-3-5-33(48)37(53)46-28-14-8-25(9-15-28)31-19-18-30(49(31)29-16-10-26(11-17-29)39(40,41)42)24-6-12-27(13-7-24)45-36(52)32-4-2-20-47(32)34(50)22-43/h6-17,30-33H,2-5,18-23,43H2,1H3,(H,44,54)(H,45,52)(H,46,53)/t30-,31-,32+,33?/m1/s1. The lowest BCUT2D eigenvalue weighted by atomic mass is 10.0. The van der Waals surface area contributed by atoms with Crippen LogP contribution in [0.2, 0.25) is 0 Å². The third-order valence-corrected chi connectivity index (χ3v) is 10.5. The Morgan fingerprint density at radius 3 is 1.62 bits per heavy atom. The van der Waals surface area contributed by atoms with Gasteiger partial charge in [-0.1, -0.05) is 24.3 Å². The Bertz CT molecular complexity index is 1870. The number of anilines is 3. The van der Waals surface area contributed by atoms with Crippen molar-refractivity contribution < 1.29 is 41.9 Å². The van der Waals surface area contributed by atoms with Crippen LogP contribution in [0.3, 0.4) is 0 Å². The number of halogens is 3. The minimum Gasteiger partial charge on any atom is -0.453 e. The number of alkyl carbamates (subject to hydrolysis) is 1. The number of carbonyl (C=O) groups excluding carboxylic acids is 5. The van der Waals surface area contributed by atoms with Crippen molar-refractivity contribution in [2.75, 3.05) is 48.8 Å². The summed E-state index contributed by atoms with van der Waals surface area (Å²) >= 11 is 0. The lowest BCUT2D eigenvalue weighted by molar-refractivity contribution is -0.137. The smallest absolute Gasteiger partial charge is 0.416 e. The highest BCUT2D eigenvalue weighted by molar-refractivity contribution is 5.98. The monoisotopic (exact) mass is 763 g/mol. The summed E-state index contributed by atoms with van der Waals surface area (Å²) in [6, 6.07) is 18.0. The van der Waals surface area contributed by atoms with E-state index in [1.54, 1.807) is 24.3 Å². The van der Waals surface area contributed by atoms with Crippen molar-refractivity contribution in [2.24, 2.45) is 5.73 Å². The van der Waals surface area contributed by atoms with Gasteiger partial charge in [-0.15, -0.1) is 0 Å². The fraction of sp³-hybridized carbons (Fsp3) is 0.410. The summed E-state index contributed by atoms with van der Waals surface area (Å²) in [7, 11) is 1.19. The van der Waals surface area contributed by atoms with Crippen molar-refractivity contribution in [3.05, 3.63) is 89.5 Å². The zero-order valence-corrected chi connectivity index (χ0v) is 30.3. The summed E-state index contributed by atoms with van der Waals surface area (Å²) in [5.41, 5.74) is 8.25. The molecule has 0 aromatic heterocycles. The number of rotatable bonds is 10. The average Bonchev–Trinajstić information content (AvgIpc) is 3.98. The molecule has 3 saturated heterocycles. The fourth-order valence-corrected chi connectivity index (χ4v) is 7.79. The molecule has 3 aliphatic heterocycles. The van der Waals surface area contributed by atoms with Gasteiger partial charge in [0.2, 0.25) is 23.6 Å². The Morgan fingerprint density at radius 2 is 1.18 bits per heavy atom. The second-order valence-corrected chi connectivity index (χ2v) is 13.8. The van der Waals surface area contributed by atoms with Crippen LogP contribution in [-0.4, -0.2) is 84.9 Å². The topological polar surface area (TPSA) is 166 Å². The van der Waals surface area contributed by atoms with Crippen LogP contribution in [0.15, 0.2) is 72.8 Å². The number of likely N-dealkylation sites (tertiary alicyclic amines) is 2. The van der Waals surface area contributed by atoms with Gasteiger partial charge in [-0.05, 0) is 98.2 Å². The van der Waals surface area contributed by atoms with Crippen LogP contribution in [0.1, 0.15) is 67.3 Å². The van der Waals surface area contributed by atoms with Crippen molar-refractivity contribution in [1.82, 2.24) is 15.1 Å². The van der Waals surface area contributed by atoms with Crippen LogP contribution in [0, 0.1) is 0 Å². The van der Waals surface area contributed by atoms with E-state index in [1.165, 1.54) is 29.0 Å². The van der Waals surface area contributed by atoms with E-state index in [0.717, 1.165) is 23.3 Å². The molecule has 0 bridgehead atoms. The van der Waals surface area contributed by atoms with Crippen LogP contribution >= 0.6 is 0 Å². The SMILES string of the molecule is COC(=O)NCC(=O)N1CCCC1C(=O)Nc1ccc([C@H]2CC[C@H](c3ccc(NC(=O)[C@@H]4CCCN4C(=O)CN)cc3)N2c2ccc(C(F)(F)F)cc2)cc1. The number of ether oxygens (including phenoxy) is 1. The van der Waals surface area contributed by atoms with E-state index < -0.39 is 35.8 Å². The number of nitrogens with two attached hydrogens (primary N) is 1. The van der Waals surface area contributed by atoms with Gasteiger partial charge in [-0.3, -0.25) is 19.2 Å². The number of nitrogens with one attached hydrogen (secondary N) is 3. The predicted molar refractivity (Wildman–Crippen MR) is 198 cm³/mol. The van der Waals surface area contributed by atoms with Gasteiger partial charge in [0, 0.05) is 30.2 Å². The molecule has 0 aliphatic carbocycles. The lowest BCUT2D eigenvalue weighted by Gasteiger charge is -2.33. The van der Waals surface area contributed by atoms with E-state index in [0.29, 0.717) is 68.7 Å². The molecule has 3 heterocycles. The number of carbonyl (C=O) groups is 5. The van der Waals surface area contributed by atoms with E-state index in [4.69, 9.17) is 5.73 Å². The van der Waals surface area contributed by atoms with E-state index in [2.05, 4.69) is 25.6 Å². The number of hydrogen-bond donors (Lipinski definition) is 4. The lowest BCUT2D eigenvalue weighted by Crippen LogP contribution is -2.47. The highest BCUT2D eigenvalue weighted by atomic mass is 19.4. The van der Waals surface area contributed by atoms with Crippen LogP contribution in [0.4, 0.5) is 35.0 Å². The first kappa shape index (κ1) is 39.1. The number of benzene rings is 3. The Hall–Kier alpha value is -5.64. The molecule has 1 unspecified atom stereocenters. The Morgan fingerprint density at radius 1 is 0.709 bits per heavy atom. The maximum absolute atomic E-state index is 13.5. The molecule has 0 saturated carbocycles. The first-order valence-corrected chi connectivity index (χ1v) is 18.3. The van der Waals surface area contributed by atoms with E-state index in [1.807, 2.05) is 24.3 Å². The molecule has 3 aromatic rings. The molecule has 292 valence electrons. The van der Waals surface area contributed by atoms with Crippen LogP contribution in [-0.2, 0) is 30.1 Å². The molecule has 5 N–H and O–H groups in total. The van der Waals surface area contributed by atoms with Gasteiger partial charge < -0.3 is 41.1 Å². The molecule has 6 rings (SSSR count). The number of methoxy groups -OCH3 is 1. The number of hydrogen-bond acceptors (Lipinski definition) is 8. The number of alkyl halides is 3. The molecule has 0 spiro atoms. The summed E-state index contributed by atoms with van der Waals surface area (Å²) in [6.07, 6.45) is -1.49. The summed E-state index contributed by atoms with van der Waals surface area (Å²) in [6.45, 7) is 0.407. The van der Waals surface area contributed by atoms with Crippen LogP contribution in [0.5, 0.6) is 0 Å². The Kier molecular flexibility index (Phi) is 11.9. The molecule has 16 heteroatoms. The third-order valence-electron chi connectivity index (χ3n) is 10.5. The second kappa shape index (κ2) is 16.8. The van der Waals surface area contributed by atoms with Gasteiger partial charge in [0.15, 0.2) is 0 Å². The van der Waals surface area contributed by atoms with Gasteiger partial charge >= 0.3 is 12.3 Å². The van der Waals surface area contributed by atoms with Crippen molar-refractivity contribution in [2.45, 2.75) is 68.9 Å². The summed E-state index contributed by atoms with van der Waals surface area (Å²) < 4.78 is 45.1. The quantitative estimate of drug-likeness (QED) is 0.225. The zero-order chi connectivity index (χ0) is 39.3. The van der Waals surface area contributed by atoms with Gasteiger partial charge in [-0.2, -0.15) is 13.2 Å². The molecule has 3 fully saturated rings. The first-order valence-electron chi connectivity index (χ1n) is 18.3. The van der Waals surface area contributed by atoms with Gasteiger partial charge in [0.25, 0.3) is 0 Å². The van der Waals surface area contributed by atoms with Crippen molar-refractivity contribution >= 4 is 46.8 Å². The van der Waals surface area contributed by atoms with Crippen molar-refractivity contribution in [3.8, 4) is 0 Å². The molecule has 55 heavy (non-hydrogen) atoms. The molecule has 3 aromatic carbocycles. The Balaban J connectivity index is 1.17. The van der Waals surface area contributed by atoms with Crippen molar-refractivity contribution in [3.63, 3.8) is 0 Å². The third kappa shape index (κ3) is 8.85. The molecular weight excluding hydrogens is 719 g/mol. The van der Waals surface area contributed by atoms with Crippen LogP contribution < -0.4 is 26.6 Å². The van der Waals surface area contributed by atoms with Gasteiger partial charge in [0.05, 0.1) is 31.3 Å². The average molecular weight is 764 g/mol. The maximum atomic E-state index is 13.5. The number of nitrogens with zero attached hydrogens (tertiary/aromatic N) is 3. The summed E-state index contributed by atoms with van der Waals surface area (Å²) in [5.74, 6) is -1.31. The summed E-state index contributed by atoms with van der Waals surface area (Å²) in [5, 5.41) is 8.14. The summed E-state index contributed by atoms with van der Waals surface area (Å²) in [4.78, 5) is 67.7. The molecule has 3 aliphatic rings. The van der Waals surface area contributed by atoms with Crippen molar-refractivity contribution in [1.29, 1.82) is 0 Å². The fourth-order valence-electron chi connectivity index (χ4n) is 7.79. The zero-order valence-electron chi connectivity index (χ0n) is 30.3. The number of amides is 5. The molecule has 5 amide bonds. The molecule has 13 nitrogen and oxygen atoms in total. The minimum atomic E-state index is -4.49. The molecule has 0 radical (unpaired) electrons. The minimum absolute atomic E-state index is 0.167. The predicted octanol–water partition coefficient (Wildman–Crippen LogP) is 4.96. The highest BCUT2D eigenvalue weighted by Gasteiger charge is 2.38. The van der Waals surface area contributed by atoms with E-state index in [9.17, 15) is 37.1 Å². The second-order valence-electron chi connectivity index (χ2n) is 13.8. The van der Waals surface area contributed by atoms with Gasteiger partial charge in [0.1, 0.15) is 18.6 Å². The van der Waals surface area contributed by atoms with Crippen LogP contribution in [0.25, 0.3) is 0 Å².